The summed E-state index contributed by atoms with van der Waals surface area (Å²) in [6.45, 7) is 2.05. The van der Waals surface area contributed by atoms with E-state index in [4.69, 9.17) is 0 Å². The minimum absolute atomic E-state index is 1.12. The SMILES string of the molecule is C/C=C\C=C/c1cc2sc3ccc(N(c4ccccc4)c4ccc5sc6ccccc6c5c4)cc3c2cc1N(c1ccccc1)c1ccccc1. The molecule has 2 heterocycles. The van der Waals surface area contributed by atoms with Gasteiger partial charge in [-0.1, -0.05) is 97.1 Å². The molecule has 0 aliphatic carbocycles. The van der Waals surface area contributed by atoms with Crippen molar-refractivity contribution in [1.82, 2.24) is 0 Å². The van der Waals surface area contributed by atoms with E-state index in [1.165, 1.54) is 45.9 Å². The Labute approximate surface area is 306 Å². The van der Waals surface area contributed by atoms with Gasteiger partial charge < -0.3 is 9.80 Å². The van der Waals surface area contributed by atoms with Crippen LogP contribution in [0.1, 0.15) is 12.5 Å². The molecular weight excluding hydrogens is 657 g/mol. The highest BCUT2D eigenvalue weighted by Gasteiger charge is 2.20. The molecule has 2 nitrogen and oxygen atoms in total. The first kappa shape index (κ1) is 31.1. The van der Waals surface area contributed by atoms with E-state index in [0.717, 1.165) is 34.1 Å². The van der Waals surface area contributed by atoms with E-state index >= 15 is 0 Å². The fraction of sp³-hybridized carbons (Fsp3) is 0.0213. The van der Waals surface area contributed by atoms with E-state index in [1.807, 2.05) is 22.7 Å². The van der Waals surface area contributed by atoms with Crippen LogP contribution in [0.3, 0.4) is 0 Å². The summed E-state index contributed by atoms with van der Waals surface area (Å²) < 4.78 is 5.16. The third-order valence-electron chi connectivity index (χ3n) is 9.34. The third kappa shape index (κ3) is 5.79. The molecule has 0 bridgehead atoms. The zero-order valence-electron chi connectivity index (χ0n) is 28.1. The Morgan fingerprint density at radius 1 is 0.392 bits per heavy atom. The molecule has 0 saturated carbocycles. The van der Waals surface area contributed by atoms with Crippen molar-refractivity contribution in [3.63, 3.8) is 0 Å². The number of benzene rings is 7. The second-order valence-electron chi connectivity index (χ2n) is 12.5. The summed E-state index contributed by atoms with van der Waals surface area (Å²) in [7, 11) is 0. The number of hydrogen-bond donors (Lipinski definition) is 0. The van der Waals surface area contributed by atoms with Gasteiger partial charge in [0, 0.05) is 68.8 Å². The summed E-state index contributed by atoms with van der Waals surface area (Å²) in [5.74, 6) is 0. The Kier molecular flexibility index (Phi) is 8.17. The Hall–Kier alpha value is -5.94. The predicted octanol–water partition coefficient (Wildman–Crippen LogP) is 15.0. The van der Waals surface area contributed by atoms with Crippen LogP contribution in [-0.2, 0) is 0 Å². The highest BCUT2D eigenvalue weighted by atomic mass is 32.1. The predicted molar refractivity (Wildman–Crippen MR) is 225 cm³/mol. The van der Waals surface area contributed by atoms with E-state index in [9.17, 15) is 0 Å². The summed E-state index contributed by atoms with van der Waals surface area (Å²) in [4.78, 5) is 4.77. The number of fused-ring (bicyclic) bond motifs is 6. The number of nitrogens with zero attached hydrogens (tertiary/aromatic N) is 2. The molecule has 244 valence electrons. The number of hydrogen-bond acceptors (Lipinski definition) is 4. The number of anilines is 6. The van der Waals surface area contributed by atoms with Gasteiger partial charge >= 0.3 is 0 Å². The van der Waals surface area contributed by atoms with E-state index in [2.05, 4.69) is 205 Å². The van der Waals surface area contributed by atoms with Crippen molar-refractivity contribution < 1.29 is 0 Å². The normalized spacial score (nSPS) is 11.9. The lowest BCUT2D eigenvalue weighted by atomic mass is 10.0. The summed E-state index contributed by atoms with van der Waals surface area (Å²) in [5.41, 5.74) is 7.96. The Morgan fingerprint density at radius 2 is 0.882 bits per heavy atom. The quantitative estimate of drug-likeness (QED) is 0.146. The molecule has 0 aliphatic rings. The van der Waals surface area contributed by atoms with E-state index in [1.54, 1.807) is 0 Å². The summed E-state index contributed by atoms with van der Waals surface area (Å²) in [5, 5.41) is 5.10. The minimum Gasteiger partial charge on any atom is -0.310 e. The lowest BCUT2D eigenvalue weighted by Crippen LogP contribution is -2.11. The monoisotopic (exact) mass is 690 g/mol. The number of rotatable bonds is 8. The van der Waals surface area contributed by atoms with Crippen molar-refractivity contribution in [2.24, 2.45) is 0 Å². The van der Waals surface area contributed by atoms with Gasteiger partial charge in [0.15, 0.2) is 0 Å². The maximum Gasteiger partial charge on any atom is 0.0541 e. The van der Waals surface area contributed by atoms with Crippen molar-refractivity contribution in [2.45, 2.75) is 6.92 Å². The van der Waals surface area contributed by atoms with Crippen molar-refractivity contribution in [2.75, 3.05) is 9.80 Å². The molecule has 0 aliphatic heterocycles. The van der Waals surface area contributed by atoms with Crippen LogP contribution in [0.4, 0.5) is 34.1 Å². The van der Waals surface area contributed by atoms with Gasteiger partial charge in [-0.3, -0.25) is 0 Å². The topological polar surface area (TPSA) is 6.48 Å². The van der Waals surface area contributed by atoms with Gasteiger partial charge in [-0.15, -0.1) is 22.7 Å². The maximum atomic E-state index is 2.39. The fourth-order valence-corrected chi connectivity index (χ4v) is 9.21. The highest BCUT2D eigenvalue weighted by Crippen LogP contribution is 2.46. The number of thiophene rings is 2. The molecular formula is C47H34N2S2. The molecule has 0 N–H and O–H groups in total. The third-order valence-corrected chi connectivity index (χ3v) is 11.6. The Bertz CT molecular complexity index is 2670. The van der Waals surface area contributed by atoms with Crippen LogP contribution in [0.15, 0.2) is 182 Å². The average Bonchev–Trinajstić information content (AvgIpc) is 3.74. The lowest BCUT2D eigenvalue weighted by Gasteiger charge is -2.27. The summed E-state index contributed by atoms with van der Waals surface area (Å²) >= 11 is 3.71. The molecule has 0 spiro atoms. The van der Waals surface area contributed by atoms with Gasteiger partial charge in [0.1, 0.15) is 0 Å². The zero-order chi connectivity index (χ0) is 34.1. The number of para-hydroxylation sites is 3. The zero-order valence-corrected chi connectivity index (χ0v) is 29.7. The molecule has 0 amide bonds. The van der Waals surface area contributed by atoms with Crippen molar-refractivity contribution >= 4 is 103 Å². The van der Waals surface area contributed by atoms with Gasteiger partial charge in [-0.05, 0) is 103 Å². The minimum atomic E-state index is 1.12. The van der Waals surface area contributed by atoms with Gasteiger partial charge in [0.25, 0.3) is 0 Å². The first-order chi connectivity index (χ1) is 25.2. The molecule has 7 aromatic carbocycles. The smallest absolute Gasteiger partial charge is 0.0541 e. The van der Waals surface area contributed by atoms with Crippen LogP contribution in [0, 0.1) is 0 Å². The van der Waals surface area contributed by atoms with Gasteiger partial charge in [-0.25, -0.2) is 0 Å². The number of allylic oxidation sites excluding steroid dienone is 3. The van der Waals surface area contributed by atoms with Gasteiger partial charge in [-0.2, -0.15) is 0 Å². The van der Waals surface area contributed by atoms with E-state index in [-0.39, 0.29) is 0 Å². The van der Waals surface area contributed by atoms with Crippen molar-refractivity contribution in [3.8, 4) is 0 Å². The van der Waals surface area contributed by atoms with E-state index in [0.29, 0.717) is 0 Å². The van der Waals surface area contributed by atoms with Crippen molar-refractivity contribution in [1.29, 1.82) is 0 Å². The average molecular weight is 691 g/mol. The molecule has 4 heteroatoms. The molecule has 0 atom stereocenters. The molecule has 51 heavy (non-hydrogen) atoms. The first-order valence-electron chi connectivity index (χ1n) is 17.2. The molecule has 0 fully saturated rings. The Morgan fingerprint density at radius 3 is 1.49 bits per heavy atom. The largest absolute Gasteiger partial charge is 0.310 e. The standard InChI is InChI=1S/C47H34N2S2/c1-2-3-7-16-33-29-47-42(32-43(33)49(35-19-10-5-11-20-35)36-21-12-6-13-22-36)41-31-38(26-28-46(41)51-47)48(34-17-8-4-9-18-34)37-25-27-45-40(30-37)39-23-14-15-24-44(39)50-45/h2-32H,1H3/b3-2-,16-7-. The summed E-state index contributed by atoms with van der Waals surface area (Å²) in [6, 6.07) is 59.4. The van der Waals surface area contributed by atoms with Crippen LogP contribution < -0.4 is 9.80 Å². The molecule has 9 aromatic rings. The van der Waals surface area contributed by atoms with Gasteiger partial charge in [0.2, 0.25) is 0 Å². The fourth-order valence-electron chi connectivity index (χ4n) is 7.01. The Balaban J connectivity index is 1.26. The highest BCUT2D eigenvalue weighted by molar-refractivity contribution is 7.26. The van der Waals surface area contributed by atoms with E-state index < -0.39 is 0 Å². The summed E-state index contributed by atoms with van der Waals surface area (Å²) in [6.07, 6.45) is 8.52. The van der Waals surface area contributed by atoms with Crippen molar-refractivity contribution in [3.05, 3.63) is 188 Å². The second-order valence-corrected chi connectivity index (χ2v) is 14.7. The molecule has 0 saturated heterocycles. The van der Waals surface area contributed by atoms with Crippen LogP contribution in [-0.4, -0.2) is 0 Å². The second kappa shape index (κ2) is 13.4. The molecule has 9 rings (SSSR count). The molecule has 0 radical (unpaired) electrons. The van der Waals surface area contributed by atoms with Crippen LogP contribution >= 0.6 is 22.7 Å². The van der Waals surface area contributed by atoms with Crippen LogP contribution in [0.25, 0.3) is 46.4 Å². The maximum absolute atomic E-state index is 2.39. The lowest BCUT2D eigenvalue weighted by molar-refractivity contribution is 1.28. The molecule has 0 unspecified atom stereocenters. The first-order valence-corrected chi connectivity index (χ1v) is 18.8. The van der Waals surface area contributed by atoms with Crippen LogP contribution in [0.5, 0.6) is 0 Å². The van der Waals surface area contributed by atoms with Gasteiger partial charge in [0.05, 0.1) is 5.69 Å². The molecule has 2 aromatic heterocycles. The van der Waals surface area contributed by atoms with Crippen LogP contribution in [0.2, 0.25) is 0 Å².